The molecule has 1 aromatic carbocycles. The molecule has 4 aromatic rings. The summed E-state index contributed by atoms with van der Waals surface area (Å²) >= 11 is 0.951. The highest BCUT2D eigenvalue weighted by molar-refractivity contribution is 7.22. The summed E-state index contributed by atoms with van der Waals surface area (Å²) in [5.74, 6) is -1.03. The molecular weight excluding hydrogens is 615 g/mol. The first kappa shape index (κ1) is 28.8. The number of nitrogen functional groups attached to an aromatic ring is 1. The van der Waals surface area contributed by atoms with E-state index in [-0.39, 0.29) is 62.7 Å². The van der Waals surface area contributed by atoms with Crippen molar-refractivity contribution in [3.8, 4) is 17.3 Å². The summed E-state index contributed by atoms with van der Waals surface area (Å²) in [4.78, 5) is 21.7. The maximum atomic E-state index is 16.6. The number of rotatable bonds is 6. The molecule has 3 N–H and O–H groups in total. The molecule has 3 aromatic heterocycles. The van der Waals surface area contributed by atoms with E-state index >= 15 is 4.39 Å². The van der Waals surface area contributed by atoms with Crippen molar-refractivity contribution < 1.29 is 26.7 Å². The Morgan fingerprint density at radius 3 is 2.87 bits per heavy atom. The molecule has 0 radical (unpaired) electrons. The number of piperazine rings is 1. The van der Waals surface area contributed by atoms with E-state index in [0.717, 1.165) is 36.8 Å². The van der Waals surface area contributed by atoms with Gasteiger partial charge in [-0.05, 0) is 44.4 Å². The van der Waals surface area contributed by atoms with E-state index in [1.54, 1.807) is 0 Å². The van der Waals surface area contributed by atoms with Crippen LogP contribution in [0.3, 0.4) is 0 Å². The fourth-order valence-corrected chi connectivity index (χ4v) is 8.56. The van der Waals surface area contributed by atoms with Crippen LogP contribution < -0.4 is 20.7 Å². The second-order valence-electron chi connectivity index (χ2n) is 12.6. The average Bonchev–Trinajstić information content (AvgIpc) is 3.73. The van der Waals surface area contributed by atoms with Crippen LogP contribution in [-0.2, 0) is 0 Å². The van der Waals surface area contributed by atoms with Crippen LogP contribution in [0.15, 0.2) is 30.5 Å². The van der Waals surface area contributed by atoms with E-state index < -0.39 is 35.0 Å². The first-order chi connectivity index (χ1) is 21.6. The minimum Gasteiger partial charge on any atom is -0.461 e. The normalized spacial score (nSPS) is 27.9. The van der Waals surface area contributed by atoms with Crippen LogP contribution >= 0.6 is 11.3 Å². The Morgan fingerprint density at radius 1 is 1.16 bits per heavy atom. The lowest BCUT2D eigenvalue weighted by molar-refractivity contribution is 0.107. The maximum absolute atomic E-state index is 16.6. The summed E-state index contributed by atoms with van der Waals surface area (Å²) in [6.07, 6.45) is 2.83. The van der Waals surface area contributed by atoms with Crippen molar-refractivity contribution >= 4 is 43.4 Å². The molecule has 2 bridgehead atoms. The van der Waals surface area contributed by atoms with Crippen LogP contribution in [0.4, 0.5) is 32.9 Å². The molecule has 236 valence electrons. The second-order valence-corrected chi connectivity index (χ2v) is 13.6. The Morgan fingerprint density at radius 2 is 2.02 bits per heavy atom. The van der Waals surface area contributed by atoms with Crippen LogP contribution in [0.5, 0.6) is 6.01 Å². The quantitative estimate of drug-likeness (QED) is 0.274. The highest BCUT2D eigenvalue weighted by atomic mass is 32.1. The Kier molecular flexibility index (Phi) is 6.66. The van der Waals surface area contributed by atoms with E-state index in [2.05, 4.69) is 25.2 Å². The molecule has 0 unspecified atom stereocenters. The molecule has 45 heavy (non-hydrogen) atoms. The zero-order chi connectivity index (χ0) is 31.1. The monoisotopic (exact) mass is 644 g/mol. The summed E-state index contributed by atoms with van der Waals surface area (Å²) in [5.41, 5.74) is 4.61. The van der Waals surface area contributed by atoms with E-state index in [1.165, 1.54) is 18.3 Å². The number of pyridine rings is 1. The van der Waals surface area contributed by atoms with Crippen LogP contribution in [0.1, 0.15) is 32.1 Å². The van der Waals surface area contributed by atoms with Gasteiger partial charge in [0.25, 0.3) is 6.08 Å². The summed E-state index contributed by atoms with van der Waals surface area (Å²) < 4.78 is 79.0. The van der Waals surface area contributed by atoms with Gasteiger partial charge in [0, 0.05) is 49.9 Å². The van der Waals surface area contributed by atoms with Gasteiger partial charge in [-0.2, -0.15) is 18.7 Å². The molecule has 15 heteroatoms. The number of anilines is 2. The Hall–Kier alpha value is -3.69. The van der Waals surface area contributed by atoms with Crippen molar-refractivity contribution in [2.24, 2.45) is 0 Å². The van der Waals surface area contributed by atoms with Gasteiger partial charge < -0.3 is 20.7 Å². The summed E-state index contributed by atoms with van der Waals surface area (Å²) in [6.45, 7) is 1.84. The van der Waals surface area contributed by atoms with Gasteiger partial charge in [0.2, 0.25) is 0 Å². The van der Waals surface area contributed by atoms with Crippen molar-refractivity contribution in [2.75, 3.05) is 43.4 Å². The molecular formula is C30H29F5N8OS. The number of benzene rings is 1. The van der Waals surface area contributed by atoms with Gasteiger partial charge in [-0.1, -0.05) is 11.3 Å². The number of halogens is 5. The van der Waals surface area contributed by atoms with Crippen LogP contribution in [0.25, 0.3) is 32.4 Å². The topological polar surface area (TPSA) is 105 Å². The minimum absolute atomic E-state index is 0.0886. The van der Waals surface area contributed by atoms with Crippen molar-refractivity contribution in [3.05, 3.63) is 42.1 Å². The zero-order valence-electron chi connectivity index (χ0n) is 24.0. The number of ether oxygens (including phenoxy) is 1. The van der Waals surface area contributed by atoms with Crippen molar-refractivity contribution in [3.63, 3.8) is 0 Å². The predicted octanol–water partition coefficient (Wildman–Crippen LogP) is 5.21. The number of thiazole rings is 1. The molecule has 4 fully saturated rings. The van der Waals surface area contributed by atoms with Gasteiger partial charge in [0.1, 0.15) is 35.6 Å². The van der Waals surface area contributed by atoms with Gasteiger partial charge in [-0.25, -0.2) is 18.2 Å². The van der Waals surface area contributed by atoms with E-state index in [4.69, 9.17) is 15.5 Å². The standard InChI is InChI=1S/C30H29F5N8OS/c31-15-8-30(5-1-7-43(30)11-15)14-44-28-39-23-18(26(40-28)42-12-16-4-6-29(13-42,41-16)9-20(33)34)10-37-22(21(23)35)17-2-3-19(32)25-24(17)38-27(36)45-25/h2-3,9-10,15-16,41H,1,4-8,11-14H2,(H2,36,38)/t15-,16-,29-,30+/m1/s1. The third-order valence-corrected chi connectivity index (χ3v) is 10.6. The van der Waals surface area contributed by atoms with Crippen LogP contribution in [0.2, 0.25) is 0 Å². The molecule has 0 amide bonds. The number of alkyl halides is 1. The molecule has 4 saturated heterocycles. The first-order valence-electron chi connectivity index (χ1n) is 14.9. The van der Waals surface area contributed by atoms with E-state index in [1.807, 2.05) is 4.90 Å². The maximum Gasteiger partial charge on any atom is 0.319 e. The van der Waals surface area contributed by atoms with E-state index in [9.17, 15) is 17.6 Å². The first-order valence-corrected chi connectivity index (χ1v) is 15.7. The third-order valence-electron chi connectivity index (χ3n) is 9.67. The highest BCUT2D eigenvalue weighted by Crippen LogP contribution is 2.42. The minimum atomic E-state index is -1.78. The molecule has 4 aliphatic heterocycles. The Balaban J connectivity index is 1.25. The van der Waals surface area contributed by atoms with Gasteiger partial charge in [-0.3, -0.25) is 9.88 Å². The van der Waals surface area contributed by atoms with Gasteiger partial charge in [-0.15, -0.1) is 0 Å². The van der Waals surface area contributed by atoms with Crippen molar-refractivity contribution in [1.82, 2.24) is 30.2 Å². The molecule has 7 heterocycles. The zero-order valence-corrected chi connectivity index (χ0v) is 24.8. The lowest BCUT2D eigenvalue weighted by atomic mass is 9.95. The van der Waals surface area contributed by atoms with Gasteiger partial charge in [0.05, 0.1) is 26.7 Å². The number of nitrogens with one attached hydrogen (secondary N) is 1. The third kappa shape index (κ3) is 4.77. The Bertz CT molecular complexity index is 1870. The summed E-state index contributed by atoms with van der Waals surface area (Å²) in [5, 5.41) is 3.70. The van der Waals surface area contributed by atoms with Crippen LogP contribution in [-0.4, -0.2) is 80.9 Å². The number of aromatic nitrogens is 4. The number of nitrogens with zero attached hydrogens (tertiary/aromatic N) is 6. The highest BCUT2D eigenvalue weighted by Gasteiger charge is 2.50. The SMILES string of the molecule is Nc1nc2c(-c3ncc4c(N5C[C@H]6CC[C@@](C=C(F)F)(C5)N6)nc(OC[C@@]56CCCN5C[C@H](F)C6)nc4c3F)ccc(F)c2s1. The second kappa shape index (κ2) is 10.4. The fraction of sp³-hybridized carbons (Fsp3) is 0.467. The molecule has 0 spiro atoms. The molecule has 8 rings (SSSR count). The van der Waals surface area contributed by atoms with E-state index in [0.29, 0.717) is 38.2 Å². The number of hydrogen-bond donors (Lipinski definition) is 2. The Labute approximate surface area is 258 Å². The molecule has 4 aliphatic rings. The fourth-order valence-electron chi connectivity index (χ4n) is 7.79. The lowest BCUT2D eigenvalue weighted by Gasteiger charge is -2.40. The van der Waals surface area contributed by atoms with Crippen molar-refractivity contribution in [1.29, 1.82) is 0 Å². The number of hydrogen-bond acceptors (Lipinski definition) is 10. The molecule has 4 atom stereocenters. The molecule has 9 nitrogen and oxygen atoms in total. The number of nitrogens with two attached hydrogens (primary N) is 1. The summed E-state index contributed by atoms with van der Waals surface area (Å²) in [6, 6.07) is 2.41. The summed E-state index contributed by atoms with van der Waals surface area (Å²) in [7, 11) is 0. The molecule has 0 aliphatic carbocycles. The van der Waals surface area contributed by atoms with Gasteiger partial charge >= 0.3 is 6.01 Å². The smallest absolute Gasteiger partial charge is 0.319 e. The van der Waals surface area contributed by atoms with Crippen molar-refractivity contribution in [2.45, 2.75) is 55.4 Å². The predicted molar refractivity (Wildman–Crippen MR) is 160 cm³/mol. The van der Waals surface area contributed by atoms with Gasteiger partial charge in [0.15, 0.2) is 10.9 Å². The lowest BCUT2D eigenvalue weighted by Crippen LogP contribution is -2.59. The largest absolute Gasteiger partial charge is 0.461 e. The average molecular weight is 645 g/mol. The molecule has 0 saturated carbocycles. The number of fused-ring (bicyclic) bond motifs is 5. The van der Waals surface area contributed by atoms with Crippen LogP contribution in [0, 0.1) is 11.6 Å².